The second kappa shape index (κ2) is 5.35. The molecule has 108 valence electrons. The van der Waals surface area contributed by atoms with Gasteiger partial charge < -0.3 is 22.0 Å². The third-order valence-electron chi connectivity index (χ3n) is 4.64. The maximum atomic E-state index is 6.14. The van der Waals surface area contributed by atoms with E-state index in [1.54, 1.807) is 4.90 Å². The molecule has 0 aliphatic carbocycles. The van der Waals surface area contributed by atoms with Crippen LogP contribution >= 0.6 is 0 Å². The molecule has 2 aliphatic rings. The molecule has 1 aromatic heterocycles. The predicted octanol–water partition coefficient (Wildman–Crippen LogP) is -2.21. The molecular weight excluding hydrogens is 274 g/mol. The van der Waals surface area contributed by atoms with Crippen LogP contribution in [0.5, 0.6) is 0 Å². The fourth-order valence-electron chi connectivity index (χ4n) is 3.67. The number of likely N-dealkylation sites (N-methyl/N-ethyl adjacent to an activating group) is 1. The first kappa shape index (κ1) is 13.9. The number of rotatable bonds is 1. The third-order valence-corrected chi connectivity index (χ3v) is 4.64. The molecule has 2 aliphatic heterocycles. The minimum atomic E-state index is 0. The van der Waals surface area contributed by atoms with Crippen molar-refractivity contribution in [3.63, 3.8) is 0 Å². The van der Waals surface area contributed by atoms with Gasteiger partial charge in [-0.15, -0.1) is 0 Å². The highest BCUT2D eigenvalue weighted by atomic mass is 35.5. The second-order valence-corrected chi connectivity index (χ2v) is 5.76. The summed E-state index contributed by atoms with van der Waals surface area (Å²) in [5.74, 6) is 0. The van der Waals surface area contributed by atoms with E-state index in [1.165, 1.54) is 30.5 Å². The molecule has 5 heteroatoms. The van der Waals surface area contributed by atoms with Crippen LogP contribution in [0.1, 0.15) is 24.6 Å². The fourth-order valence-corrected chi connectivity index (χ4v) is 3.67. The topological polar surface area (TPSA) is 31.5 Å². The lowest BCUT2D eigenvalue weighted by atomic mass is 10.0. The van der Waals surface area contributed by atoms with E-state index in [9.17, 15) is 0 Å². The van der Waals surface area contributed by atoms with E-state index in [-0.39, 0.29) is 18.5 Å². The van der Waals surface area contributed by atoms with Crippen LogP contribution in [0, 0.1) is 0 Å². The molecule has 1 saturated heterocycles. The first-order chi connectivity index (χ1) is 9.34. The molecule has 4 rings (SSSR count). The number of nitrogens with zero attached hydrogens (tertiary/aromatic N) is 2. The van der Waals surface area contributed by atoms with E-state index >= 15 is 0 Å². The summed E-state index contributed by atoms with van der Waals surface area (Å²) in [6.07, 6.45) is 2.78. The number of benzene rings is 1. The van der Waals surface area contributed by atoms with Crippen molar-refractivity contribution in [3.05, 3.63) is 30.0 Å². The second-order valence-electron chi connectivity index (χ2n) is 5.76. The Balaban J connectivity index is 0.00000121. The van der Waals surface area contributed by atoms with Crippen molar-refractivity contribution >= 4 is 10.9 Å². The van der Waals surface area contributed by atoms with Crippen molar-refractivity contribution in [1.82, 2.24) is 9.78 Å². The molecule has 4 nitrogen and oxygen atoms in total. The zero-order valence-electron chi connectivity index (χ0n) is 11.7. The molecule has 1 N–H and O–H groups in total. The van der Waals surface area contributed by atoms with Crippen LogP contribution in [0.15, 0.2) is 24.3 Å². The smallest absolute Gasteiger partial charge is 0.151 e. The maximum absolute atomic E-state index is 6.14. The van der Waals surface area contributed by atoms with E-state index in [0.29, 0.717) is 6.04 Å². The van der Waals surface area contributed by atoms with Crippen molar-refractivity contribution in [2.45, 2.75) is 31.5 Å². The fraction of sp³-hybridized carbons (Fsp3) is 0.533. The molecule has 1 fully saturated rings. The zero-order chi connectivity index (χ0) is 12.8. The van der Waals surface area contributed by atoms with Crippen molar-refractivity contribution in [2.24, 2.45) is 0 Å². The van der Waals surface area contributed by atoms with Crippen LogP contribution in [-0.4, -0.2) is 36.0 Å². The molecule has 2 aromatic rings. The maximum Gasteiger partial charge on any atom is 0.151 e. The van der Waals surface area contributed by atoms with Gasteiger partial charge in [0.25, 0.3) is 0 Å². The molecule has 0 spiro atoms. The van der Waals surface area contributed by atoms with Crippen LogP contribution < -0.4 is 17.3 Å². The lowest BCUT2D eigenvalue weighted by Gasteiger charge is -2.30. The Hall–Kier alpha value is -1.10. The van der Waals surface area contributed by atoms with Crippen molar-refractivity contribution in [3.8, 4) is 0 Å². The van der Waals surface area contributed by atoms with Crippen molar-refractivity contribution in [2.75, 3.05) is 20.2 Å². The summed E-state index contributed by atoms with van der Waals surface area (Å²) in [5, 5.41) is 6.00. The first-order valence-electron chi connectivity index (χ1n) is 7.24. The van der Waals surface area contributed by atoms with Gasteiger partial charge in [0.15, 0.2) is 6.10 Å². The number of hydrogen-bond acceptors (Lipinski definition) is 2. The highest BCUT2D eigenvalue weighted by Crippen LogP contribution is 2.33. The van der Waals surface area contributed by atoms with Crippen LogP contribution in [0.2, 0.25) is 0 Å². The predicted molar refractivity (Wildman–Crippen MR) is 73.2 cm³/mol. The summed E-state index contributed by atoms with van der Waals surface area (Å²) in [7, 11) is 2.29. The lowest BCUT2D eigenvalue weighted by molar-refractivity contribution is -0.897. The van der Waals surface area contributed by atoms with Gasteiger partial charge in [0.1, 0.15) is 6.04 Å². The quantitative estimate of drug-likeness (QED) is 0.646. The average Bonchev–Trinajstić information content (AvgIpc) is 3.01. The standard InChI is InChI=1S/C15H19N3O.ClH/c1-17-8-4-7-13(17)15-14-11-5-2-3-6-12(11)16-18(14)9-10-19-15;/h2-3,5-6,13,15H,4,7-10H2,1H3;1H/t13-,15?;/m0./s1. The molecule has 0 radical (unpaired) electrons. The molecular formula is C15H20ClN3O. The Morgan fingerprint density at radius 2 is 2.20 bits per heavy atom. The zero-order valence-corrected chi connectivity index (χ0v) is 12.4. The number of likely N-dealkylation sites (tertiary alicyclic amines) is 1. The average molecular weight is 294 g/mol. The highest BCUT2D eigenvalue weighted by Gasteiger charge is 2.39. The van der Waals surface area contributed by atoms with Gasteiger partial charge in [-0.05, 0) is 6.07 Å². The monoisotopic (exact) mass is 293 g/mol. The van der Waals surface area contributed by atoms with E-state index < -0.39 is 0 Å². The van der Waals surface area contributed by atoms with Crippen LogP contribution in [0.3, 0.4) is 0 Å². The van der Waals surface area contributed by atoms with Gasteiger partial charge in [0.05, 0.1) is 38.0 Å². The Kier molecular flexibility index (Phi) is 3.71. The largest absolute Gasteiger partial charge is 1.00 e. The number of hydrogen-bond donors (Lipinski definition) is 1. The highest BCUT2D eigenvalue weighted by molar-refractivity contribution is 5.82. The Bertz CT molecular complexity index is 612. The number of ether oxygens (including phenoxy) is 1. The number of quaternary nitrogens is 1. The summed E-state index contributed by atoms with van der Waals surface area (Å²) in [6, 6.07) is 9.02. The minimum Gasteiger partial charge on any atom is -1.00 e. The molecule has 2 unspecified atom stereocenters. The lowest BCUT2D eigenvalue weighted by Crippen LogP contribution is -3.11. The third kappa shape index (κ3) is 2.03. The Morgan fingerprint density at radius 1 is 1.35 bits per heavy atom. The molecule has 0 amide bonds. The molecule has 1 aromatic carbocycles. The van der Waals surface area contributed by atoms with Gasteiger partial charge in [0.2, 0.25) is 0 Å². The van der Waals surface area contributed by atoms with Gasteiger partial charge in [-0.25, -0.2) is 0 Å². The molecule has 3 atom stereocenters. The molecule has 0 saturated carbocycles. The molecule has 3 heterocycles. The normalized spacial score (nSPS) is 29.1. The van der Waals surface area contributed by atoms with Gasteiger partial charge in [0, 0.05) is 18.2 Å². The van der Waals surface area contributed by atoms with Crippen molar-refractivity contribution < 1.29 is 22.0 Å². The van der Waals surface area contributed by atoms with E-state index in [4.69, 9.17) is 9.84 Å². The van der Waals surface area contributed by atoms with Crippen LogP contribution in [0.25, 0.3) is 10.9 Å². The minimum absolute atomic E-state index is 0. The Morgan fingerprint density at radius 3 is 3.00 bits per heavy atom. The number of nitrogens with one attached hydrogen (secondary N) is 1. The summed E-state index contributed by atoms with van der Waals surface area (Å²) in [4.78, 5) is 1.60. The van der Waals surface area contributed by atoms with Crippen LogP contribution in [-0.2, 0) is 11.3 Å². The van der Waals surface area contributed by atoms with Gasteiger partial charge in [-0.3, -0.25) is 4.68 Å². The summed E-state index contributed by atoms with van der Waals surface area (Å²) >= 11 is 0. The summed E-state index contributed by atoms with van der Waals surface area (Å²) in [5.41, 5.74) is 2.40. The first-order valence-corrected chi connectivity index (χ1v) is 7.24. The van der Waals surface area contributed by atoms with Crippen molar-refractivity contribution in [1.29, 1.82) is 0 Å². The van der Waals surface area contributed by atoms with E-state index in [1.807, 2.05) is 0 Å². The van der Waals surface area contributed by atoms with Gasteiger partial charge in [-0.2, -0.15) is 5.10 Å². The molecule has 20 heavy (non-hydrogen) atoms. The van der Waals surface area contributed by atoms with Gasteiger partial charge >= 0.3 is 0 Å². The van der Waals surface area contributed by atoms with Crippen LogP contribution in [0.4, 0.5) is 0 Å². The summed E-state index contributed by atoms with van der Waals surface area (Å²) in [6.45, 7) is 2.93. The SMILES string of the molecule is C[NH+]1CCC[C@H]1C1OCCn2nc3ccccc3c21.[Cl-]. The van der Waals surface area contributed by atoms with Gasteiger partial charge in [-0.1, -0.05) is 18.2 Å². The summed E-state index contributed by atoms with van der Waals surface area (Å²) < 4.78 is 8.31. The Labute approximate surface area is 125 Å². The number of aromatic nitrogens is 2. The number of halogens is 1. The molecule has 0 bridgehead atoms. The number of fused-ring (bicyclic) bond motifs is 3. The van der Waals surface area contributed by atoms with E-state index in [2.05, 4.69) is 36.0 Å². The van der Waals surface area contributed by atoms with E-state index in [0.717, 1.165) is 18.7 Å².